The van der Waals surface area contributed by atoms with E-state index in [0.717, 1.165) is 141 Å². The molecule has 43 heteroatoms. The van der Waals surface area contributed by atoms with Crippen molar-refractivity contribution in [2.75, 3.05) is 233 Å². The van der Waals surface area contributed by atoms with Crippen LogP contribution in [0.15, 0.2) is 121 Å². The monoisotopic (exact) mass is 2110 g/mol. The normalized spacial score (nSPS) is 25.5. The fraction of sp³-hybridized carbons (Fsp3) is 0.776. The van der Waals surface area contributed by atoms with Gasteiger partial charge in [0.05, 0.1) is 52.4 Å². The van der Waals surface area contributed by atoms with Crippen molar-refractivity contribution in [3.8, 4) is 0 Å². The SMILES string of the molecule is CC(C)NC1=NCN([C@H]2CS[C@@H](COC(C)C)O2)C=C1.CCCCN(C)C1=NCN([C@H]2CS[C@@H](COC)O2)C=C1.CCCCNC1=NCN([C@H]2CS[C@@H](COCC)O2)C=C1.CCCN(CC)C1=NCN([C@H]2CS[C@@H](COC)O2)C=C1.CCN(c1ccn([C@H]2CS[C@@H](COC)O2)c(=O)n1)C(C)C.CCOC[C@H]1O[C@@H](N2C=CC(NCC(C)C)=NC2)CS1.COC[C@H]1O[C@@H](N2C=CC(N(C)CC(C)C)=NC2)CS1. The van der Waals surface area contributed by atoms with Crippen LogP contribution in [-0.4, -0.2) is 410 Å². The third-order valence-electron chi connectivity index (χ3n) is 22.8. The van der Waals surface area contributed by atoms with Gasteiger partial charge in [0, 0.05) is 197 Å². The molecule has 7 saturated heterocycles. The van der Waals surface area contributed by atoms with Crippen molar-refractivity contribution >= 4 is 123 Å². The molecule has 7 fully saturated rings. The molecule has 36 nitrogen and oxygen atoms in total. The van der Waals surface area contributed by atoms with Crippen LogP contribution in [0.2, 0.25) is 0 Å². The summed E-state index contributed by atoms with van der Waals surface area (Å²) in [7, 11) is 11.0. The van der Waals surface area contributed by atoms with Gasteiger partial charge in [0.15, 0.2) is 0 Å². The third-order valence-corrected chi connectivity index (χ3v) is 30.5. The highest BCUT2D eigenvalue weighted by Gasteiger charge is 2.38. The number of amidine groups is 6. The minimum atomic E-state index is -0.268. The van der Waals surface area contributed by atoms with Crippen LogP contribution in [-0.2, 0) is 66.3 Å². The minimum Gasteiger partial charge on any atom is -0.381 e. The summed E-state index contributed by atoms with van der Waals surface area (Å²) in [4.78, 5) is 65.7. The molecule has 141 heavy (non-hydrogen) atoms. The maximum Gasteiger partial charge on any atom is 0.351 e. The largest absolute Gasteiger partial charge is 0.381 e. The summed E-state index contributed by atoms with van der Waals surface area (Å²) in [6.45, 7) is 53.0. The van der Waals surface area contributed by atoms with E-state index in [1.165, 1.54) is 25.7 Å². The summed E-state index contributed by atoms with van der Waals surface area (Å²) >= 11 is 12.5. The number of aromatic nitrogens is 2. The second-order valence-electron chi connectivity index (χ2n) is 36.3. The highest BCUT2D eigenvalue weighted by atomic mass is 32.2. The Hall–Kier alpha value is -5.37. The van der Waals surface area contributed by atoms with Crippen LogP contribution in [0.1, 0.15) is 156 Å². The van der Waals surface area contributed by atoms with Crippen molar-refractivity contribution in [3.05, 3.63) is 96.4 Å². The zero-order valence-corrected chi connectivity index (χ0v) is 94.3. The van der Waals surface area contributed by atoms with Crippen molar-refractivity contribution < 1.29 is 66.3 Å². The van der Waals surface area contributed by atoms with E-state index in [0.29, 0.717) is 116 Å². The van der Waals surface area contributed by atoms with E-state index < -0.39 is 0 Å². The molecule has 0 spiro atoms. The lowest BCUT2D eigenvalue weighted by Crippen LogP contribution is -2.39. The lowest BCUT2D eigenvalue weighted by atomic mass is 10.2. The first-order chi connectivity index (χ1) is 68.2. The Morgan fingerprint density at radius 1 is 0.418 bits per heavy atom. The maximum absolute atomic E-state index is 12.2. The molecule has 1 aromatic rings. The molecule has 0 saturated carbocycles. The summed E-state index contributed by atoms with van der Waals surface area (Å²) in [5.41, 5.74) is 0.596. The first-order valence-electron chi connectivity index (χ1n) is 50.5. The molecule has 14 heterocycles. The molecule has 1 aromatic heterocycles. The first kappa shape index (κ1) is 121. The Labute approximate surface area is 873 Å². The van der Waals surface area contributed by atoms with E-state index in [4.69, 9.17) is 66.3 Å². The number of ether oxygens (including phenoxy) is 14. The van der Waals surface area contributed by atoms with Gasteiger partial charge in [-0.1, -0.05) is 61.3 Å². The average molecular weight is 2110 g/mol. The standard InChI is InChI=1S/C14H23N3O3S.6C14H25N3O2S/c1-5-16(10(2)3)11-6-7-17(14(18)15-11)12-9-21-13(20-12)8-19-4;1-11(2)7-16(3)12-5-6-17(10-15-12)13-9-20-14(19-13)8-18-4;1-10(2)16-12-5-6-17(9-15-12)13-8-20-14(19-13)7-18-11(3)4;1-4-18-8-14-19-13(9-20-14)17-6-5-12(16-10-17)15-7-11(2)3;1-4-5-7-16(2)12-6-8-17(11-15-12)13-10-20-14(19-13)9-18-3;1-4-7-16(5-2)12-6-8-17(11-15-12)13-10-20-14(19-13)9-18-3;1-3-5-7-15-12-6-8-17(11-16-12)13-10-20-14(19-13)9-18-4-2/h6-7,10,12-13H,5,8-9H2,1-4H3;5-6,11,13-14H,7-10H2,1-4H3;5-6,10-11,13-14H,7-9H2,1-4H3,(H,15,16);5-6,11,13-14H,4,7-10H2,1-3H3,(H,15,16);2*6,8,13-14H,4-5,7,9-11H2,1-3H3;6,8,13-14H,3-5,7,9-11H2,1-2H3,(H,15,16)/t12-,13+;6*13-,14+/m1111111/s1. The minimum absolute atomic E-state index is 0.0191. The smallest absolute Gasteiger partial charge is 0.351 e. The Morgan fingerprint density at radius 3 is 1.13 bits per heavy atom. The van der Waals surface area contributed by atoms with E-state index in [9.17, 15) is 4.79 Å². The summed E-state index contributed by atoms with van der Waals surface area (Å²) in [6, 6.07) is 2.59. The van der Waals surface area contributed by atoms with E-state index in [2.05, 4.69) is 259 Å². The number of unbranched alkanes of at least 4 members (excludes halogenated alkanes) is 2. The van der Waals surface area contributed by atoms with E-state index in [1.54, 1.807) is 86.3 Å². The van der Waals surface area contributed by atoms with Gasteiger partial charge in [0.25, 0.3) is 0 Å². The molecule has 0 amide bonds. The van der Waals surface area contributed by atoms with Gasteiger partial charge in [-0.15, -0.1) is 82.3 Å². The quantitative estimate of drug-likeness (QED) is 0.0513. The lowest BCUT2D eigenvalue weighted by Gasteiger charge is -2.30. The van der Waals surface area contributed by atoms with E-state index in [-0.39, 0.29) is 93.4 Å². The van der Waals surface area contributed by atoms with Crippen LogP contribution in [0.5, 0.6) is 0 Å². The number of hydrogen-bond donors (Lipinski definition) is 3. The summed E-state index contributed by atoms with van der Waals surface area (Å²) in [5.74, 6) is 14.6. The molecule has 14 atom stereocenters. The zero-order valence-electron chi connectivity index (χ0n) is 88.6. The molecular weight excluding hydrogens is 1940 g/mol. The van der Waals surface area contributed by atoms with Gasteiger partial charge in [-0.2, -0.15) is 4.98 Å². The van der Waals surface area contributed by atoms with Gasteiger partial charge in [-0.25, -0.2) is 34.7 Å². The van der Waals surface area contributed by atoms with Gasteiger partial charge in [0.1, 0.15) is 162 Å². The van der Waals surface area contributed by atoms with Crippen molar-refractivity contribution in [1.82, 2.24) is 69.6 Å². The summed E-state index contributed by atoms with van der Waals surface area (Å²) < 4.78 is 79.9. The number of thioether (sulfide) groups is 7. The van der Waals surface area contributed by atoms with Gasteiger partial charge < -0.3 is 131 Å². The average Bonchev–Trinajstić information content (AvgIpc) is 1.80. The first-order valence-corrected chi connectivity index (χ1v) is 57.9. The van der Waals surface area contributed by atoms with Crippen LogP contribution in [0.3, 0.4) is 0 Å². The molecule has 0 unspecified atom stereocenters. The molecule has 802 valence electrons. The van der Waals surface area contributed by atoms with E-state index in [1.807, 2.05) is 87.3 Å². The van der Waals surface area contributed by atoms with Gasteiger partial charge >= 0.3 is 5.69 Å². The number of nitrogens with one attached hydrogen (secondary N) is 3. The molecule has 0 bridgehead atoms. The third kappa shape index (κ3) is 43.8. The predicted molar refractivity (Wildman–Crippen MR) is 588 cm³/mol. The highest BCUT2D eigenvalue weighted by molar-refractivity contribution is 8.01. The number of nitrogens with zero attached hydrogens (tertiary/aromatic N) is 18. The van der Waals surface area contributed by atoms with Gasteiger partial charge in [0.2, 0.25) is 0 Å². The fourth-order valence-corrected chi connectivity index (χ4v) is 22.7. The van der Waals surface area contributed by atoms with Gasteiger partial charge in [-0.3, -0.25) is 4.57 Å². The van der Waals surface area contributed by atoms with Crippen LogP contribution in [0.25, 0.3) is 0 Å². The number of aliphatic imine (C=N–C) groups is 6. The van der Waals surface area contributed by atoms with Gasteiger partial charge in [-0.05, 0) is 143 Å². The number of rotatable bonds is 41. The Kier molecular flexibility index (Phi) is 58.5. The Bertz CT molecular complexity index is 4110. The lowest BCUT2D eigenvalue weighted by molar-refractivity contribution is -0.0569. The molecule has 13 aliphatic heterocycles. The van der Waals surface area contributed by atoms with Crippen LogP contribution < -0.4 is 26.5 Å². The molecule has 0 radical (unpaired) electrons. The van der Waals surface area contributed by atoms with Crippen molar-refractivity contribution in [2.45, 2.75) is 250 Å². The zero-order chi connectivity index (χ0) is 102. The molecule has 0 aromatic carbocycles. The van der Waals surface area contributed by atoms with E-state index >= 15 is 0 Å². The van der Waals surface area contributed by atoms with Crippen molar-refractivity contribution in [2.24, 2.45) is 41.8 Å². The number of anilines is 1. The van der Waals surface area contributed by atoms with Crippen LogP contribution >= 0.6 is 82.3 Å². The van der Waals surface area contributed by atoms with Crippen molar-refractivity contribution in [3.63, 3.8) is 0 Å². The second kappa shape index (κ2) is 68.3. The topological polar surface area (TPSA) is 307 Å². The molecular formula is C98H173N21O15S7. The number of methoxy groups -OCH3 is 4. The Morgan fingerprint density at radius 2 is 0.794 bits per heavy atom. The second-order valence-corrected chi connectivity index (χ2v) is 44.7. The fourth-order valence-electron chi connectivity index (χ4n) is 15.2. The number of hydrogen-bond acceptors (Lipinski definition) is 42. The number of likely N-dealkylation sites (N-methyl/N-ethyl adjacent to an activating group) is 3. The maximum atomic E-state index is 12.2. The van der Waals surface area contributed by atoms with Crippen LogP contribution in [0.4, 0.5) is 5.82 Å². The predicted octanol–water partition coefficient (Wildman–Crippen LogP) is 13.4. The highest BCUT2D eigenvalue weighted by Crippen LogP contribution is 2.36. The molecule has 14 rings (SSSR count). The van der Waals surface area contributed by atoms with Crippen LogP contribution in [0, 0.1) is 11.8 Å². The van der Waals surface area contributed by atoms with Crippen molar-refractivity contribution in [1.29, 1.82) is 0 Å². The summed E-state index contributed by atoms with van der Waals surface area (Å²) in [5, 5.41) is 9.99. The molecule has 0 aliphatic carbocycles. The Balaban J connectivity index is 0.000000201. The summed E-state index contributed by atoms with van der Waals surface area (Å²) in [6.07, 6.45) is 33.2. The molecule has 13 aliphatic rings. The molecule has 3 N–H and O–H groups in total.